The highest BCUT2D eigenvalue weighted by Crippen LogP contribution is 2.21. The van der Waals surface area contributed by atoms with Crippen molar-refractivity contribution in [2.75, 3.05) is 6.54 Å². The monoisotopic (exact) mass is 396 g/mol. The van der Waals surface area contributed by atoms with Crippen LogP contribution < -0.4 is 0 Å². The third-order valence-corrected chi connectivity index (χ3v) is 5.78. The smallest absolute Gasteiger partial charge is 0.254 e. The number of nitrogens with zero attached hydrogens (tertiary/aromatic N) is 4. The van der Waals surface area contributed by atoms with Gasteiger partial charge in [-0.15, -0.1) is 0 Å². The lowest BCUT2D eigenvalue weighted by Gasteiger charge is -2.27. The lowest BCUT2D eigenvalue weighted by Crippen LogP contribution is -2.36. The first-order valence-electron chi connectivity index (χ1n) is 10.4. The summed E-state index contributed by atoms with van der Waals surface area (Å²) in [5, 5.41) is 0. The Balaban J connectivity index is 1.25. The third-order valence-electron chi connectivity index (χ3n) is 5.78. The second-order valence-corrected chi connectivity index (χ2v) is 7.68. The van der Waals surface area contributed by atoms with Crippen molar-refractivity contribution in [1.29, 1.82) is 0 Å². The number of hydrogen-bond donors (Lipinski definition) is 0. The highest BCUT2D eigenvalue weighted by molar-refractivity contribution is 5.94. The molecule has 0 radical (unpaired) electrons. The number of imidazole rings is 1. The van der Waals surface area contributed by atoms with E-state index in [1.807, 2.05) is 70.7 Å². The molecule has 0 fully saturated rings. The van der Waals surface area contributed by atoms with E-state index in [0.717, 1.165) is 42.9 Å². The number of hydrogen-bond acceptors (Lipinski definition) is 2. The molecule has 0 N–H and O–H groups in total. The minimum absolute atomic E-state index is 0.0681. The fraction of sp³-hybridized carbons (Fsp3) is 0.200. The highest BCUT2D eigenvalue weighted by atomic mass is 16.2. The van der Waals surface area contributed by atoms with Gasteiger partial charge in [-0.3, -0.25) is 4.79 Å². The van der Waals surface area contributed by atoms with Crippen molar-refractivity contribution in [3.8, 4) is 5.69 Å². The van der Waals surface area contributed by atoms with Crippen LogP contribution in [0.1, 0.15) is 27.3 Å². The van der Waals surface area contributed by atoms with Gasteiger partial charge in [-0.1, -0.05) is 30.3 Å². The zero-order chi connectivity index (χ0) is 20.3. The minimum Gasteiger partial charge on any atom is -0.334 e. The zero-order valence-electron chi connectivity index (χ0n) is 16.8. The van der Waals surface area contributed by atoms with Crippen molar-refractivity contribution in [3.63, 3.8) is 0 Å². The van der Waals surface area contributed by atoms with Crippen LogP contribution in [0.15, 0.2) is 85.5 Å². The summed E-state index contributed by atoms with van der Waals surface area (Å²) in [7, 11) is 0. The van der Waals surface area contributed by atoms with Crippen LogP contribution in [0.3, 0.4) is 0 Å². The second kappa shape index (κ2) is 8.03. The maximum absolute atomic E-state index is 13.0. The molecule has 0 bridgehead atoms. The van der Waals surface area contributed by atoms with Crippen molar-refractivity contribution < 1.29 is 4.79 Å². The van der Waals surface area contributed by atoms with E-state index in [9.17, 15) is 4.79 Å². The molecule has 5 nitrogen and oxygen atoms in total. The molecule has 1 aliphatic heterocycles. The van der Waals surface area contributed by atoms with Crippen LogP contribution in [-0.2, 0) is 25.9 Å². The Morgan fingerprint density at radius 1 is 0.933 bits per heavy atom. The van der Waals surface area contributed by atoms with E-state index < -0.39 is 0 Å². The van der Waals surface area contributed by atoms with Crippen molar-refractivity contribution in [2.24, 2.45) is 0 Å². The second-order valence-electron chi connectivity index (χ2n) is 7.68. The van der Waals surface area contributed by atoms with E-state index in [4.69, 9.17) is 0 Å². The normalized spacial score (nSPS) is 13.3. The molecule has 1 amide bonds. The molecule has 0 atom stereocenters. The predicted molar refractivity (Wildman–Crippen MR) is 117 cm³/mol. The van der Waals surface area contributed by atoms with Gasteiger partial charge in [-0.25, -0.2) is 4.98 Å². The van der Waals surface area contributed by atoms with Gasteiger partial charge in [0.2, 0.25) is 0 Å². The standard InChI is InChI=1S/C25H24N4O/c30-25(21-8-10-22(11-9-21)27-14-4-5-15-27)28-17-13-24-23(18-28)26-19-29(24)16-12-20-6-2-1-3-7-20/h1-11,14-15,19H,12-13,16-18H2. The fourth-order valence-electron chi connectivity index (χ4n) is 4.10. The van der Waals surface area contributed by atoms with Gasteiger partial charge in [0.05, 0.1) is 18.6 Å². The summed E-state index contributed by atoms with van der Waals surface area (Å²) in [6.45, 7) is 2.22. The van der Waals surface area contributed by atoms with Crippen LogP contribution in [0, 0.1) is 0 Å². The molecule has 30 heavy (non-hydrogen) atoms. The van der Waals surface area contributed by atoms with Gasteiger partial charge in [-0.2, -0.15) is 0 Å². The maximum Gasteiger partial charge on any atom is 0.254 e. The molecule has 0 saturated heterocycles. The van der Waals surface area contributed by atoms with Crippen molar-refractivity contribution in [1.82, 2.24) is 19.0 Å². The molecule has 0 aliphatic carbocycles. The van der Waals surface area contributed by atoms with E-state index in [1.165, 1.54) is 11.3 Å². The van der Waals surface area contributed by atoms with E-state index in [2.05, 4.69) is 33.8 Å². The number of carbonyl (C=O) groups excluding carboxylic acids is 1. The summed E-state index contributed by atoms with van der Waals surface area (Å²) in [5.41, 5.74) is 5.38. The molecule has 0 saturated carbocycles. The zero-order valence-corrected chi connectivity index (χ0v) is 16.8. The van der Waals surface area contributed by atoms with Gasteiger partial charge in [-0.05, 0) is 48.4 Å². The largest absolute Gasteiger partial charge is 0.334 e. The first-order valence-corrected chi connectivity index (χ1v) is 10.4. The van der Waals surface area contributed by atoms with Gasteiger partial charge in [0.15, 0.2) is 0 Å². The Bertz CT molecular complexity index is 1130. The lowest BCUT2D eigenvalue weighted by molar-refractivity contribution is 0.0731. The Kier molecular flexibility index (Phi) is 4.93. The number of aryl methyl sites for hydroxylation is 2. The molecule has 150 valence electrons. The quantitative estimate of drug-likeness (QED) is 0.509. The maximum atomic E-state index is 13.0. The number of aromatic nitrogens is 3. The number of fused-ring (bicyclic) bond motifs is 1. The number of amides is 1. The highest BCUT2D eigenvalue weighted by Gasteiger charge is 2.25. The first-order chi connectivity index (χ1) is 14.8. The average Bonchev–Trinajstić information content (AvgIpc) is 3.48. The SMILES string of the molecule is O=C(c1ccc(-n2cccc2)cc1)N1CCc2c(ncn2CCc2ccccc2)C1. The average molecular weight is 396 g/mol. The summed E-state index contributed by atoms with van der Waals surface area (Å²) in [6, 6.07) is 22.3. The summed E-state index contributed by atoms with van der Waals surface area (Å²) in [5.74, 6) is 0.0681. The van der Waals surface area contributed by atoms with Crippen LogP contribution in [-0.4, -0.2) is 31.5 Å². The molecule has 4 aromatic rings. The topological polar surface area (TPSA) is 43.1 Å². The lowest BCUT2D eigenvalue weighted by atomic mass is 10.1. The predicted octanol–water partition coefficient (Wildman–Crippen LogP) is 4.12. The summed E-state index contributed by atoms with van der Waals surface area (Å²) in [6.07, 6.45) is 7.75. The molecule has 5 heteroatoms. The van der Waals surface area contributed by atoms with Crippen molar-refractivity contribution in [3.05, 3.63) is 108 Å². The molecular formula is C25H24N4O. The van der Waals surface area contributed by atoms with Gasteiger partial charge in [0.25, 0.3) is 5.91 Å². The van der Waals surface area contributed by atoms with E-state index >= 15 is 0 Å². The molecule has 2 aromatic heterocycles. The molecule has 0 unspecified atom stereocenters. The molecule has 3 heterocycles. The molecule has 5 rings (SSSR count). The van der Waals surface area contributed by atoms with Crippen LogP contribution in [0.5, 0.6) is 0 Å². The van der Waals surface area contributed by atoms with Crippen LogP contribution in [0.25, 0.3) is 5.69 Å². The van der Waals surface area contributed by atoms with Crippen LogP contribution in [0.4, 0.5) is 0 Å². The Morgan fingerprint density at radius 3 is 2.47 bits per heavy atom. The summed E-state index contributed by atoms with van der Waals surface area (Å²) < 4.78 is 4.28. The molecule has 2 aromatic carbocycles. The van der Waals surface area contributed by atoms with Gasteiger partial charge in [0, 0.05) is 48.8 Å². The van der Waals surface area contributed by atoms with Gasteiger partial charge < -0.3 is 14.0 Å². The van der Waals surface area contributed by atoms with E-state index in [1.54, 1.807) is 0 Å². The van der Waals surface area contributed by atoms with E-state index in [0.29, 0.717) is 6.54 Å². The molecule has 0 spiro atoms. The Morgan fingerprint density at radius 2 is 1.70 bits per heavy atom. The van der Waals surface area contributed by atoms with E-state index in [-0.39, 0.29) is 5.91 Å². The minimum atomic E-state index is 0.0681. The Labute approximate surface area is 176 Å². The van der Waals surface area contributed by atoms with Gasteiger partial charge >= 0.3 is 0 Å². The van der Waals surface area contributed by atoms with Crippen molar-refractivity contribution in [2.45, 2.75) is 25.9 Å². The number of carbonyl (C=O) groups is 1. The van der Waals surface area contributed by atoms with Gasteiger partial charge in [0.1, 0.15) is 0 Å². The number of rotatable bonds is 5. The summed E-state index contributed by atoms with van der Waals surface area (Å²) in [4.78, 5) is 19.5. The van der Waals surface area contributed by atoms with Crippen LogP contribution in [0.2, 0.25) is 0 Å². The number of benzene rings is 2. The fourth-order valence-corrected chi connectivity index (χ4v) is 4.10. The molecule has 1 aliphatic rings. The molecular weight excluding hydrogens is 372 g/mol. The Hall–Kier alpha value is -3.60. The summed E-state index contributed by atoms with van der Waals surface area (Å²) >= 11 is 0. The van der Waals surface area contributed by atoms with Crippen molar-refractivity contribution >= 4 is 5.91 Å². The van der Waals surface area contributed by atoms with Crippen LogP contribution >= 0.6 is 0 Å². The third kappa shape index (κ3) is 3.66. The first kappa shape index (κ1) is 18.4.